The average molecular weight is 630 g/mol. The van der Waals surface area contributed by atoms with Crippen LogP contribution in [-0.4, -0.2) is 32.6 Å². The SMILES string of the molecule is O=C(Cn1c2c(sc1=O)[C@@H](c1ccccc1O)[C@H]1C(=O)N(c3cccc(C(F)(F)F)c3)C(=O)[C@H]1S2)Nc1ccc(F)cc1. The first-order valence-electron chi connectivity index (χ1n) is 12.7. The molecule has 0 spiro atoms. The zero-order valence-corrected chi connectivity index (χ0v) is 23.3. The number of thiazole rings is 1. The number of amides is 3. The Labute approximate surface area is 248 Å². The smallest absolute Gasteiger partial charge is 0.416 e. The Morgan fingerprint density at radius 2 is 1.67 bits per heavy atom. The summed E-state index contributed by atoms with van der Waals surface area (Å²) in [5, 5.41) is 12.4. The fraction of sp³-hybridized carbons (Fsp3) is 0.172. The van der Waals surface area contributed by atoms with Gasteiger partial charge in [0, 0.05) is 22.0 Å². The van der Waals surface area contributed by atoms with Gasteiger partial charge in [-0.25, -0.2) is 9.29 Å². The number of thioether (sulfide) groups is 1. The molecule has 0 bridgehead atoms. The van der Waals surface area contributed by atoms with Gasteiger partial charge in [-0.2, -0.15) is 13.2 Å². The third-order valence-corrected chi connectivity index (χ3v) is 9.79. The largest absolute Gasteiger partial charge is 0.508 e. The molecule has 8 nitrogen and oxygen atoms in total. The van der Waals surface area contributed by atoms with E-state index in [0.717, 1.165) is 58.0 Å². The van der Waals surface area contributed by atoms with Crippen LogP contribution in [0.3, 0.4) is 0 Å². The Kier molecular flexibility index (Phi) is 7.13. The monoisotopic (exact) mass is 629 g/mol. The van der Waals surface area contributed by atoms with Crippen LogP contribution in [-0.2, 0) is 27.1 Å². The van der Waals surface area contributed by atoms with Gasteiger partial charge in [-0.05, 0) is 48.5 Å². The zero-order chi connectivity index (χ0) is 30.6. The number of carbonyl (C=O) groups excluding carboxylic acids is 3. The normalized spacial score (nSPS) is 19.7. The van der Waals surface area contributed by atoms with Gasteiger partial charge in [0.05, 0.1) is 22.2 Å². The lowest BCUT2D eigenvalue weighted by Gasteiger charge is -2.31. The Balaban J connectivity index is 1.42. The molecule has 0 saturated carbocycles. The third-order valence-electron chi connectivity index (χ3n) is 7.18. The summed E-state index contributed by atoms with van der Waals surface area (Å²) in [5.41, 5.74) is -0.757. The summed E-state index contributed by atoms with van der Waals surface area (Å²) >= 11 is 1.63. The fourth-order valence-electron chi connectivity index (χ4n) is 5.29. The number of hydrogen-bond donors (Lipinski definition) is 2. The molecule has 3 aromatic carbocycles. The fourth-order valence-corrected chi connectivity index (χ4v) is 8.06. The van der Waals surface area contributed by atoms with Crippen LogP contribution in [0.2, 0.25) is 0 Å². The molecule has 4 aromatic rings. The van der Waals surface area contributed by atoms with E-state index in [0.29, 0.717) is 9.78 Å². The Hall–Kier alpha value is -4.43. The predicted molar refractivity (Wildman–Crippen MR) is 151 cm³/mol. The number of alkyl halides is 3. The number of nitrogens with zero attached hydrogens (tertiary/aromatic N) is 2. The first-order chi connectivity index (χ1) is 20.4. The van der Waals surface area contributed by atoms with Crippen LogP contribution in [0.5, 0.6) is 5.75 Å². The molecule has 2 aliphatic rings. The Morgan fingerprint density at radius 1 is 0.953 bits per heavy atom. The van der Waals surface area contributed by atoms with Gasteiger partial charge < -0.3 is 10.4 Å². The molecule has 14 heteroatoms. The van der Waals surface area contributed by atoms with Crippen LogP contribution in [0.25, 0.3) is 0 Å². The molecule has 220 valence electrons. The standard InChI is InChI=1S/C29H19F4N3O5S2/c30-15-8-10-16(11-9-15)34-20(38)13-35-27-24(43-28(35)41)21(18-6-1-2-7-19(18)37)22-23(42-27)26(40)36(25(22)39)17-5-3-4-14(12-17)29(31,32)33/h1-12,21-23,37H,13H2,(H,34,38)/t21-,22+,23-/m0/s1. The lowest BCUT2D eigenvalue weighted by atomic mass is 9.82. The van der Waals surface area contributed by atoms with Crippen molar-refractivity contribution in [3.05, 3.63) is 104 Å². The van der Waals surface area contributed by atoms with Crippen molar-refractivity contribution in [2.24, 2.45) is 5.92 Å². The molecule has 3 amide bonds. The summed E-state index contributed by atoms with van der Waals surface area (Å²) in [7, 11) is 0. The molecule has 2 N–H and O–H groups in total. The molecule has 0 aliphatic carbocycles. The zero-order valence-electron chi connectivity index (χ0n) is 21.7. The molecule has 0 unspecified atom stereocenters. The molecule has 2 aliphatic heterocycles. The summed E-state index contributed by atoms with van der Waals surface area (Å²) in [4.78, 5) is 54.2. The van der Waals surface area contributed by atoms with E-state index in [1.54, 1.807) is 12.1 Å². The van der Waals surface area contributed by atoms with Crippen molar-refractivity contribution in [3.63, 3.8) is 0 Å². The maximum absolute atomic E-state index is 13.9. The molecular weight excluding hydrogens is 610 g/mol. The lowest BCUT2D eigenvalue weighted by molar-refractivity contribution is -0.137. The van der Waals surface area contributed by atoms with E-state index in [2.05, 4.69) is 5.32 Å². The van der Waals surface area contributed by atoms with Crippen LogP contribution in [0.1, 0.15) is 21.9 Å². The van der Waals surface area contributed by atoms with Gasteiger partial charge in [-0.15, -0.1) is 0 Å². The maximum atomic E-state index is 13.9. The quantitative estimate of drug-likeness (QED) is 0.232. The van der Waals surface area contributed by atoms with Gasteiger partial charge in [0.1, 0.15) is 23.4 Å². The van der Waals surface area contributed by atoms with E-state index >= 15 is 0 Å². The van der Waals surface area contributed by atoms with E-state index in [1.165, 1.54) is 30.3 Å². The molecule has 6 rings (SSSR count). The van der Waals surface area contributed by atoms with Crippen molar-refractivity contribution < 1.29 is 37.1 Å². The van der Waals surface area contributed by atoms with Crippen LogP contribution in [0, 0.1) is 11.7 Å². The highest BCUT2D eigenvalue weighted by Gasteiger charge is 2.57. The van der Waals surface area contributed by atoms with Gasteiger partial charge in [0.2, 0.25) is 17.7 Å². The van der Waals surface area contributed by atoms with Crippen molar-refractivity contribution >= 4 is 52.2 Å². The number of carbonyl (C=O) groups is 3. The van der Waals surface area contributed by atoms with Crippen molar-refractivity contribution in [2.45, 2.75) is 28.9 Å². The number of rotatable bonds is 5. The molecule has 0 radical (unpaired) electrons. The second-order valence-electron chi connectivity index (χ2n) is 9.84. The highest BCUT2D eigenvalue weighted by Crippen LogP contribution is 2.55. The summed E-state index contributed by atoms with van der Waals surface area (Å²) in [6, 6.07) is 15.0. The van der Waals surface area contributed by atoms with E-state index < -0.39 is 63.8 Å². The van der Waals surface area contributed by atoms with Crippen LogP contribution in [0.15, 0.2) is 82.6 Å². The molecule has 1 saturated heterocycles. The summed E-state index contributed by atoms with van der Waals surface area (Å²) < 4.78 is 54.8. The molecule has 1 aromatic heterocycles. The second kappa shape index (κ2) is 10.7. The lowest BCUT2D eigenvalue weighted by Crippen LogP contribution is -2.33. The highest BCUT2D eigenvalue weighted by atomic mass is 32.2. The first kappa shape index (κ1) is 28.7. The molecule has 1 fully saturated rings. The van der Waals surface area contributed by atoms with Crippen molar-refractivity contribution in [1.82, 2.24) is 4.57 Å². The topological polar surface area (TPSA) is 109 Å². The number of fused-ring (bicyclic) bond motifs is 2. The second-order valence-corrected chi connectivity index (χ2v) is 12.0. The number of hydrogen-bond acceptors (Lipinski definition) is 7. The van der Waals surface area contributed by atoms with Crippen molar-refractivity contribution in [1.29, 1.82) is 0 Å². The summed E-state index contributed by atoms with van der Waals surface area (Å²) in [5.74, 6) is -5.05. The van der Waals surface area contributed by atoms with Gasteiger partial charge in [0.15, 0.2) is 0 Å². The molecule has 3 heterocycles. The number of anilines is 2. The summed E-state index contributed by atoms with van der Waals surface area (Å²) in [6.45, 7) is -0.473. The van der Waals surface area contributed by atoms with Crippen molar-refractivity contribution in [2.75, 3.05) is 10.2 Å². The van der Waals surface area contributed by atoms with Gasteiger partial charge in [-0.3, -0.25) is 23.7 Å². The van der Waals surface area contributed by atoms with Crippen LogP contribution < -0.4 is 15.1 Å². The number of halogens is 4. The number of phenols is 1. The minimum Gasteiger partial charge on any atom is -0.508 e. The Bertz CT molecular complexity index is 1840. The van der Waals surface area contributed by atoms with Crippen LogP contribution in [0.4, 0.5) is 28.9 Å². The van der Waals surface area contributed by atoms with E-state index in [9.17, 15) is 41.8 Å². The highest BCUT2D eigenvalue weighted by molar-refractivity contribution is 8.00. The van der Waals surface area contributed by atoms with Gasteiger partial charge in [-0.1, -0.05) is 47.4 Å². The number of aromatic hydroxyl groups is 1. The number of para-hydroxylation sites is 1. The van der Waals surface area contributed by atoms with Crippen LogP contribution >= 0.6 is 23.1 Å². The predicted octanol–water partition coefficient (Wildman–Crippen LogP) is 5.21. The van der Waals surface area contributed by atoms with Crippen molar-refractivity contribution in [3.8, 4) is 5.75 Å². The van der Waals surface area contributed by atoms with E-state index in [-0.39, 0.29) is 27.7 Å². The number of imide groups is 1. The number of benzene rings is 3. The first-order valence-corrected chi connectivity index (χ1v) is 14.4. The molecule has 43 heavy (non-hydrogen) atoms. The minimum atomic E-state index is -4.71. The number of nitrogens with one attached hydrogen (secondary N) is 1. The minimum absolute atomic E-state index is 0.205. The van der Waals surface area contributed by atoms with Gasteiger partial charge in [0.25, 0.3) is 0 Å². The van der Waals surface area contributed by atoms with E-state index in [4.69, 9.17) is 0 Å². The Morgan fingerprint density at radius 3 is 2.37 bits per heavy atom. The molecular formula is C29H19F4N3O5S2. The number of aromatic nitrogens is 1. The van der Waals surface area contributed by atoms with E-state index in [1.807, 2.05) is 0 Å². The summed E-state index contributed by atoms with van der Waals surface area (Å²) in [6.07, 6.45) is -4.71. The number of phenolic OH excluding ortho intramolecular Hbond substituents is 1. The third kappa shape index (κ3) is 5.10. The average Bonchev–Trinajstić information content (AvgIpc) is 3.40. The van der Waals surface area contributed by atoms with Gasteiger partial charge >= 0.3 is 11.0 Å². The maximum Gasteiger partial charge on any atom is 0.416 e. The molecule has 3 atom stereocenters.